The van der Waals surface area contributed by atoms with Gasteiger partial charge in [-0.05, 0) is 25.3 Å². The maximum absolute atomic E-state index is 11.6. The molecule has 1 unspecified atom stereocenters. The third kappa shape index (κ3) is 9.97. The maximum Gasteiger partial charge on any atom is 0.237 e. The van der Waals surface area contributed by atoms with Crippen molar-refractivity contribution in [1.29, 1.82) is 0 Å². The lowest BCUT2D eigenvalue weighted by Crippen LogP contribution is -2.45. The van der Waals surface area contributed by atoms with Crippen LogP contribution in [0.4, 0.5) is 0 Å². The van der Waals surface area contributed by atoms with Gasteiger partial charge in [0.25, 0.3) is 0 Å². The quantitative estimate of drug-likeness (QED) is 0.706. The molecule has 3 nitrogen and oxygen atoms in total. The molecule has 0 saturated carbocycles. The van der Waals surface area contributed by atoms with E-state index >= 15 is 0 Å². The number of carbonyl (C=O) groups is 1. The largest absolute Gasteiger partial charge is 0.354 e. The molecule has 0 saturated heterocycles. The maximum atomic E-state index is 11.6. The molecule has 0 radical (unpaired) electrons. The molecule has 0 aliphatic heterocycles. The van der Waals surface area contributed by atoms with Crippen LogP contribution in [0, 0.1) is 5.92 Å². The predicted molar refractivity (Wildman–Crippen MR) is 71.6 cm³/mol. The lowest BCUT2D eigenvalue weighted by molar-refractivity contribution is -0.123. The van der Waals surface area contributed by atoms with Crippen LogP contribution in [0.15, 0.2) is 0 Å². The van der Waals surface area contributed by atoms with Crippen LogP contribution in [0.2, 0.25) is 0 Å². The summed E-state index contributed by atoms with van der Waals surface area (Å²) in [5, 5.41) is 6.17. The Morgan fingerprint density at radius 3 is 2.12 bits per heavy atom. The van der Waals surface area contributed by atoms with E-state index in [0.29, 0.717) is 5.92 Å². The summed E-state index contributed by atoms with van der Waals surface area (Å²) < 4.78 is 0. The Labute approximate surface area is 101 Å². The highest BCUT2D eigenvalue weighted by atomic mass is 16.2. The van der Waals surface area contributed by atoms with Crippen molar-refractivity contribution in [2.75, 3.05) is 13.1 Å². The van der Waals surface area contributed by atoms with Crippen LogP contribution in [0.1, 0.15) is 54.4 Å². The first-order chi connectivity index (χ1) is 7.61. The second-order valence-electron chi connectivity index (χ2n) is 4.05. The molecule has 2 N–H and O–H groups in total. The van der Waals surface area contributed by atoms with Gasteiger partial charge in [-0.25, -0.2) is 0 Å². The van der Waals surface area contributed by atoms with E-state index in [9.17, 15) is 4.79 Å². The molecule has 98 valence electrons. The summed E-state index contributed by atoms with van der Waals surface area (Å²) in [6.07, 6.45) is 1.91. The summed E-state index contributed by atoms with van der Waals surface area (Å²) in [4.78, 5) is 11.6. The van der Waals surface area contributed by atoms with Gasteiger partial charge in [-0.1, -0.05) is 41.5 Å². The zero-order chi connectivity index (χ0) is 13.0. The number of nitrogens with one attached hydrogen (secondary N) is 2. The molecular formula is C13H30N2O. The summed E-state index contributed by atoms with van der Waals surface area (Å²) >= 11 is 0. The number of hydrogen-bond donors (Lipinski definition) is 2. The van der Waals surface area contributed by atoms with Gasteiger partial charge >= 0.3 is 0 Å². The number of rotatable bonds is 7. The molecule has 0 aromatic heterocycles. The fraction of sp³-hybridized carbons (Fsp3) is 0.923. The van der Waals surface area contributed by atoms with Gasteiger partial charge in [-0.2, -0.15) is 0 Å². The Morgan fingerprint density at radius 1 is 1.19 bits per heavy atom. The van der Waals surface area contributed by atoms with Crippen LogP contribution in [0.25, 0.3) is 0 Å². The average Bonchev–Trinajstić information content (AvgIpc) is 2.30. The topological polar surface area (TPSA) is 41.1 Å². The summed E-state index contributed by atoms with van der Waals surface area (Å²) in [5.74, 6) is 0.650. The molecule has 3 heteroatoms. The zero-order valence-corrected chi connectivity index (χ0v) is 11.9. The van der Waals surface area contributed by atoms with E-state index in [4.69, 9.17) is 0 Å². The van der Waals surface area contributed by atoms with Crippen molar-refractivity contribution in [3.63, 3.8) is 0 Å². The van der Waals surface area contributed by atoms with E-state index in [1.165, 1.54) is 0 Å². The molecule has 0 aliphatic carbocycles. The average molecular weight is 230 g/mol. The van der Waals surface area contributed by atoms with Crippen LogP contribution in [0.5, 0.6) is 0 Å². The Balaban J connectivity index is 0. The molecule has 0 aliphatic rings. The molecule has 0 rings (SSSR count). The van der Waals surface area contributed by atoms with Crippen molar-refractivity contribution in [1.82, 2.24) is 10.6 Å². The van der Waals surface area contributed by atoms with E-state index < -0.39 is 0 Å². The molecule has 0 heterocycles. The van der Waals surface area contributed by atoms with Crippen molar-refractivity contribution in [2.45, 2.75) is 60.4 Å². The number of amides is 1. The van der Waals surface area contributed by atoms with Gasteiger partial charge in [-0.3, -0.25) is 4.79 Å². The molecule has 1 amide bonds. The van der Waals surface area contributed by atoms with Gasteiger partial charge in [0.05, 0.1) is 6.04 Å². The molecule has 0 bridgehead atoms. The lowest BCUT2D eigenvalue weighted by Gasteiger charge is -2.17. The molecule has 0 aromatic rings. The molecular weight excluding hydrogens is 200 g/mol. The Hall–Kier alpha value is -0.570. The van der Waals surface area contributed by atoms with Crippen LogP contribution in [0.3, 0.4) is 0 Å². The molecule has 0 aromatic carbocycles. The van der Waals surface area contributed by atoms with Crippen molar-refractivity contribution in [2.24, 2.45) is 5.92 Å². The third-order valence-electron chi connectivity index (χ3n) is 2.05. The number of hydrogen-bond acceptors (Lipinski definition) is 2. The van der Waals surface area contributed by atoms with Crippen LogP contribution < -0.4 is 10.6 Å². The Kier molecular flexibility index (Phi) is 13.9. The first kappa shape index (κ1) is 17.8. The van der Waals surface area contributed by atoms with Gasteiger partial charge in [0.15, 0.2) is 0 Å². The van der Waals surface area contributed by atoms with Crippen molar-refractivity contribution >= 4 is 5.91 Å². The first-order valence-electron chi connectivity index (χ1n) is 6.62. The van der Waals surface area contributed by atoms with Crippen LogP contribution in [-0.4, -0.2) is 25.0 Å². The SMILES string of the molecule is CC.CCCNC(CC)C(=O)NCC(C)C. The Morgan fingerprint density at radius 2 is 1.75 bits per heavy atom. The first-order valence-corrected chi connectivity index (χ1v) is 6.62. The van der Waals surface area contributed by atoms with Crippen LogP contribution >= 0.6 is 0 Å². The van der Waals surface area contributed by atoms with Gasteiger partial charge in [-0.15, -0.1) is 0 Å². The highest BCUT2D eigenvalue weighted by Crippen LogP contribution is 1.93. The van der Waals surface area contributed by atoms with Gasteiger partial charge in [0.1, 0.15) is 0 Å². The lowest BCUT2D eigenvalue weighted by atomic mass is 10.2. The minimum Gasteiger partial charge on any atom is -0.354 e. The van der Waals surface area contributed by atoms with E-state index in [2.05, 4.69) is 31.4 Å². The fourth-order valence-electron chi connectivity index (χ4n) is 1.17. The van der Waals surface area contributed by atoms with Crippen molar-refractivity contribution in [3.05, 3.63) is 0 Å². The van der Waals surface area contributed by atoms with E-state index in [0.717, 1.165) is 25.9 Å². The van der Waals surface area contributed by atoms with E-state index in [-0.39, 0.29) is 11.9 Å². The van der Waals surface area contributed by atoms with E-state index in [1.54, 1.807) is 0 Å². The van der Waals surface area contributed by atoms with Gasteiger partial charge < -0.3 is 10.6 Å². The standard InChI is InChI=1S/C11H24N2O.C2H6/c1-5-7-12-10(6-2)11(14)13-8-9(3)4;1-2/h9-10,12H,5-8H2,1-4H3,(H,13,14);1-2H3. The van der Waals surface area contributed by atoms with Crippen molar-refractivity contribution < 1.29 is 4.79 Å². The van der Waals surface area contributed by atoms with Crippen LogP contribution in [-0.2, 0) is 4.79 Å². The third-order valence-corrected chi connectivity index (χ3v) is 2.05. The highest BCUT2D eigenvalue weighted by molar-refractivity contribution is 5.81. The minimum atomic E-state index is -0.0197. The minimum absolute atomic E-state index is 0.0197. The Bertz CT molecular complexity index is 158. The molecule has 16 heavy (non-hydrogen) atoms. The van der Waals surface area contributed by atoms with Crippen molar-refractivity contribution in [3.8, 4) is 0 Å². The number of carbonyl (C=O) groups excluding carboxylic acids is 1. The summed E-state index contributed by atoms with van der Waals surface area (Å²) in [5.41, 5.74) is 0. The normalized spacial score (nSPS) is 11.7. The molecule has 0 fully saturated rings. The molecule has 1 atom stereocenters. The highest BCUT2D eigenvalue weighted by Gasteiger charge is 2.14. The fourth-order valence-corrected chi connectivity index (χ4v) is 1.17. The van der Waals surface area contributed by atoms with Gasteiger partial charge in [0, 0.05) is 6.54 Å². The zero-order valence-electron chi connectivity index (χ0n) is 11.9. The second-order valence-corrected chi connectivity index (χ2v) is 4.05. The predicted octanol–water partition coefficient (Wildman–Crippen LogP) is 2.56. The second kappa shape index (κ2) is 12.5. The summed E-state index contributed by atoms with van der Waals surface area (Å²) in [6, 6.07) is -0.0197. The monoisotopic (exact) mass is 230 g/mol. The molecule has 0 spiro atoms. The van der Waals surface area contributed by atoms with E-state index in [1.807, 2.05) is 20.8 Å². The summed E-state index contributed by atoms with van der Waals surface area (Å²) in [7, 11) is 0. The smallest absolute Gasteiger partial charge is 0.237 e. The van der Waals surface area contributed by atoms with Gasteiger partial charge in [0.2, 0.25) is 5.91 Å². The summed E-state index contributed by atoms with van der Waals surface area (Å²) in [6.45, 7) is 14.0.